The zero-order valence-electron chi connectivity index (χ0n) is 19.2. The number of carbonyl (C=O) groups excluding carboxylic acids is 1. The number of carbonyl (C=O) groups is 1. The van der Waals surface area contributed by atoms with Crippen LogP contribution in [0.1, 0.15) is 49.0 Å². The number of benzene rings is 1. The molecule has 172 valence electrons. The molecule has 1 aromatic rings. The number of ketones is 1. The van der Waals surface area contributed by atoms with Crippen LogP contribution in [0.4, 0.5) is 0 Å². The van der Waals surface area contributed by atoms with Gasteiger partial charge in [0.25, 0.3) is 0 Å². The number of Topliss-reactive ketones (excluding diaryl/α,β-unsaturated/α-hetero) is 1. The quantitative estimate of drug-likeness (QED) is 0.473. The molecule has 0 spiro atoms. The number of likely N-dealkylation sites (tertiary alicyclic amines) is 1. The maximum Gasteiger partial charge on any atom is 0.180 e. The Morgan fingerprint density at radius 3 is 2.48 bits per heavy atom. The zero-order chi connectivity index (χ0) is 21.8. The number of nitrogens with zero attached hydrogens (tertiary/aromatic N) is 1. The second-order valence-electron chi connectivity index (χ2n) is 9.48. The lowest BCUT2D eigenvalue weighted by molar-refractivity contribution is 0.0178. The van der Waals surface area contributed by atoms with Crippen molar-refractivity contribution in [3.05, 3.63) is 29.3 Å². The molecule has 4 rings (SSSR count). The summed E-state index contributed by atoms with van der Waals surface area (Å²) in [7, 11) is 1.66. The van der Waals surface area contributed by atoms with Crippen molar-refractivity contribution in [3.8, 4) is 5.75 Å². The predicted octanol–water partition coefficient (Wildman–Crippen LogP) is 3.32. The second kappa shape index (κ2) is 9.99. The highest BCUT2D eigenvalue weighted by molar-refractivity contribution is 6.03. The lowest BCUT2D eigenvalue weighted by Gasteiger charge is -2.53. The molecule has 1 aromatic carbocycles. The summed E-state index contributed by atoms with van der Waals surface area (Å²) in [6.07, 6.45) is 3.74. The fraction of sp³-hybridized carbons (Fsp3) is 0.720. The highest BCUT2D eigenvalue weighted by atomic mass is 16.6. The second-order valence-corrected chi connectivity index (χ2v) is 9.48. The van der Waals surface area contributed by atoms with Crippen LogP contribution in [0.2, 0.25) is 0 Å². The van der Waals surface area contributed by atoms with Gasteiger partial charge in [-0.25, -0.2) is 0 Å². The Balaban J connectivity index is 1.34. The molecule has 6 heteroatoms. The van der Waals surface area contributed by atoms with E-state index >= 15 is 0 Å². The molecule has 2 bridgehead atoms. The molecule has 3 atom stereocenters. The highest BCUT2D eigenvalue weighted by Crippen LogP contribution is 2.50. The molecular formula is C25H37NO5. The third-order valence-corrected chi connectivity index (χ3v) is 7.42. The molecule has 1 heterocycles. The molecule has 1 saturated heterocycles. The highest BCUT2D eigenvalue weighted by Gasteiger charge is 2.52. The van der Waals surface area contributed by atoms with E-state index in [4.69, 9.17) is 18.9 Å². The average Bonchev–Trinajstić information content (AvgIpc) is 3.58. The molecule has 6 nitrogen and oxygen atoms in total. The van der Waals surface area contributed by atoms with E-state index in [1.165, 1.54) is 12.8 Å². The average molecular weight is 432 g/mol. The van der Waals surface area contributed by atoms with Crippen molar-refractivity contribution in [2.24, 2.45) is 11.8 Å². The minimum atomic E-state index is 0.0172. The van der Waals surface area contributed by atoms with Crippen LogP contribution < -0.4 is 4.74 Å². The van der Waals surface area contributed by atoms with Gasteiger partial charge in [0.1, 0.15) is 12.4 Å². The number of hydrogen-bond acceptors (Lipinski definition) is 6. The smallest absolute Gasteiger partial charge is 0.180 e. The standard InChI is InChI=1S/C25H37NO5/c1-18-23-24(27)21-7-6-20(31-15-14-30-13-12-29-11-10-28-3)16-22(21)25(18,2)8-9-26(23)17-19-4-5-19/h6-7,16,18-19,23H,4-5,8-15,17H2,1-3H3/t18-,23-,25+/m0/s1. The summed E-state index contributed by atoms with van der Waals surface area (Å²) in [5.74, 6) is 2.24. The van der Waals surface area contributed by atoms with E-state index in [-0.39, 0.29) is 11.5 Å². The van der Waals surface area contributed by atoms with Gasteiger partial charge < -0.3 is 18.9 Å². The first-order chi connectivity index (χ1) is 15.0. The molecule has 0 N–H and O–H groups in total. The summed E-state index contributed by atoms with van der Waals surface area (Å²) in [5.41, 5.74) is 2.07. The number of rotatable bonds is 12. The fourth-order valence-electron chi connectivity index (χ4n) is 5.16. The predicted molar refractivity (Wildman–Crippen MR) is 119 cm³/mol. The molecule has 0 unspecified atom stereocenters. The third-order valence-electron chi connectivity index (χ3n) is 7.42. The Hall–Kier alpha value is -1.47. The van der Waals surface area contributed by atoms with Gasteiger partial charge in [-0.05, 0) is 66.8 Å². The van der Waals surface area contributed by atoms with E-state index in [1.807, 2.05) is 12.1 Å². The minimum Gasteiger partial charge on any atom is -0.491 e. The maximum absolute atomic E-state index is 13.4. The van der Waals surface area contributed by atoms with Crippen LogP contribution in [0.3, 0.4) is 0 Å². The topological polar surface area (TPSA) is 57.2 Å². The molecule has 0 amide bonds. The number of hydrogen-bond donors (Lipinski definition) is 0. The lowest BCUT2D eigenvalue weighted by Crippen LogP contribution is -2.61. The number of methoxy groups -OCH3 is 1. The molecule has 2 fully saturated rings. The van der Waals surface area contributed by atoms with Gasteiger partial charge in [-0.3, -0.25) is 9.69 Å². The molecule has 0 aromatic heterocycles. The molecule has 2 aliphatic carbocycles. The van der Waals surface area contributed by atoms with Crippen molar-refractivity contribution in [2.45, 2.75) is 44.6 Å². The van der Waals surface area contributed by atoms with Gasteiger partial charge >= 0.3 is 0 Å². The Morgan fingerprint density at radius 2 is 1.77 bits per heavy atom. The fourth-order valence-corrected chi connectivity index (χ4v) is 5.16. The molecule has 0 radical (unpaired) electrons. The van der Waals surface area contributed by atoms with Crippen LogP contribution in [-0.4, -0.2) is 76.6 Å². The van der Waals surface area contributed by atoms with Crippen LogP contribution in [0.5, 0.6) is 5.75 Å². The monoisotopic (exact) mass is 431 g/mol. The van der Waals surface area contributed by atoms with Crippen molar-refractivity contribution in [1.82, 2.24) is 4.90 Å². The first kappa shape index (κ1) is 22.7. The van der Waals surface area contributed by atoms with Gasteiger partial charge in [-0.15, -0.1) is 0 Å². The summed E-state index contributed by atoms with van der Waals surface area (Å²) < 4.78 is 21.8. The molecule has 3 aliphatic rings. The van der Waals surface area contributed by atoms with Gasteiger partial charge in [0, 0.05) is 19.2 Å². The van der Waals surface area contributed by atoms with Crippen LogP contribution in [0.15, 0.2) is 18.2 Å². The number of fused-ring (bicyclic) bond motifs is 4. The van der Waals surface area contributed by atoms with Crippen molar-refractivity contribution < 1.29 is 23.7 Å². The van der Waals surface area contributed by atoms with Crippen LogP contribution in [0, 0.1) is 11.8 Å². The number of ether oxygens (including phenoxy) is 4. The van der Waals surface area contributed by atoms with E-state index < -0.39 is 0 Å². The van der Waals surface area contributed by atoms with Gasteiger partial charge in [0.05, 0.1) is 39.1 Å². The number of piperidine rings is 1. The van der Waals surface area contributed by atoms with Gasteiger partial charge in [0.2, 0.25) is 0 Å². The first-order valence-electron chi connectivity index (χ1n) is 11.7. The van der Waals surface area contributed by atoms with Gasteiger partial charge in [-0.2, -0.15) is 0 Å². The van der Waals surface area contributed by atoms with Crippen molar-refractivity contribution in [3.63, 3.8) is 0 Å². The van der Waals surface area contributed by atoms with Gasteiger partial charge in [0.15, 0.2) is 5.78 Å². The summed E-state index contributed by atoms with van der Waals surface area (Å²) in [5, 5.41) is 0. The van der Waals surface area contributed by atoms with Crippen LogP contribution in [0.25, 0.3) is 0 Å². The largest absolute Gasteiger partial charge is 0.491 e. The summed E-state index contributed by atoms with van der Waals surface area (Å²) >= 11 is 0. The molecule has 1 aliphatic heterocycles. The SMILES string of the molecule is COCCOCCOCCOc1ccc2c(c1)[C@]1(C)CCN(CC3CC3)[C@H](C2=O)[C@@H]1C. The van der Waals surface area contributed by atoms with Crippen molar-refractivity contribution in [2.75, 3.05) is 59.8 Å². The Morgan fingerprint density at radius 1 is 1.06 bits per heavy atom. The third kappa shape index (κ3) is 4.98. The van der Waals surface area contributed by atoms with Gasteiger partial charge in [-0.1, -0.05) is 13.8 Å². The molecule has 1 saturated carbocycles. The normalized spacial score (nSPS) is 27.9. The van der Waals surface area contributed by atoms with E-state index in [0.717, 1.165) is 42.3 Å². The molecule has 31 heavy (non-hydrogen) atoms. The van der Waals surface area contributed by atoms with Crippen LogP contribution in [-0.2, 0) is 19.6 Å². The van der Waals surface area contributed by atoms with E-state index in [9.17, 15) is 4.79 Å². The van der Waals surface area contributed by atoms with Crippen molar-refractivity contribution in [1.29, 1.82) is 0 Å². The first-order valence-corrected chi connectivity index (χ1v) is 11.7. The minimum absolute atomic E-state index is 0.0172. The summed E-state index contributed by atoms with van der Waals surface area (Å²) in [6, 6.07) is 6.04. The lowest BCUT2D eigenvalue weighted by atomic mass is 9.58. The Bertz CT molecular complexity index is 764. The maximum atomic E-state index is 13.4. The summed E-state index contributed by atoms with van der Waals surface area (Å²) in [6.45, 7) is 9.97. The van der Waals surface area contributed by atoms with Crippen LogP contribution >= 0.6 is 0 Å². The Labute approximate surface area is 186 Å². The molecular weight excluding hydrogens is 394 g/mol. The Kier molecular flexibility index (Phi) is 7.32. The zero-order valence-corrected chi connectivity index (χ0v) is 19.2. The van der Waals surface area contributed by atoms with E-state index in [2.05, 4.69) is 24.8 Å². The van der Waals surface area contributed by atoms with E-state index in [0.29, 0.717) is 51.3 Å². The van der Waals surface area contributed by atoms with E-state index in [1.54, 1.807) is 7.11 Å². The van der Waals surface area contributed by atoms with Crippen molar-refractivity contribution >= 4 is 5.78 Å². The summed E-state index contributed by atoms with van der Waals surface area (Å²) in [4.78, 5) is 15.9.